The minimum absolute atomic E-state index is 0.0192. The van der Waals surface area contributed by atoms with Crippen molar-refractivity contribution in [2.24, 2.45) is 4.99 Å². The summed E-state index contributed by atoms with van der Waals surface area (Å²) in [5, 5.41) is 6.40. The number of methoxy groups -OCH3 is 2. The SMILES string of the molecule is COc1ccc(CN=C(NCCSc2ccccc2)NCC(=O)N(C)C)cc1OC. The molecule has 7 nitrogen and oxygen atoms in total. The van der Waals surface area contributed by atoms with Crippen molar-refractivity contribution in [1.29, 1.82) is 0 Å². The van der Waals surface area contributed by atoms with Gasteiger partial charge in [-0.1, -0.05) is 24.3 Å². The summed E-state index contributed by atoms with van der Waals surface area (Å²) in [6.07, 6.45) is 0. The summed E-state index contributed by atoms with van der Waals surface area (Å²) in [6, 6.07) is 15.9. The van der Waals surface area contributed by atoms with Crippen LogP contribution in [0.3, 0.4) is 0 Å². The van der Waals surface area contributed by atoms with Crippen LogP contribution in [0.1, 0.15) is 5.56 Å². The van der Waals surface area contributed by atoms with Crippen LogP contribution in [-0.2, 0) is 11.3 Å². The number of likely N-dealkylation sites (N-methyl/N-ethyl adjacent to an activating group) is 1. The van der Waals surface area contributed by atoms with Crippen molar-refractivity contribution in [1.82, 2.24) is 15.5 Å². The predicted octanol–water partition coefficient (Wildman–Crippen LogP) is 2.62. The minimum atomic E-state index is -0.0192. The van der Waals surface area contributed by atoms with Crippen molar-refractivity contribution in [3.05, 3.63) is 54.1 Å². The summed E-state index contributed by atoms with van der Waals surface area (Å²) in [5.74, 6) is 2.79. The first-order valence-electron chi connectivity index (χ1n) is 9.64. The standard InChI is InChI=1S/C22H30N4O3S/c1-26(2)21(27)16-25-22(23-12-13-30-18-8-6-5-7-9-18)24-15-17-10-11-19(28-3)20(14-17)29-4/h5-11,14H,12-13,15-16H2,1-4H3,(H2,23,24,25). The Balaban J connectivity index is 1.97. The summed E-state index contributed by atoms with van der Waals surface area (Å²) in [6.45, 7) is 1.34. The number of benzene rings is 2. The first-order valence-corrected chi connectivity index (χ1v) is 10.6. The quantitative estimate of drug-likeness (QED) is 0.261. The molecule has 2 aromatic carbocycles. The van der Waals surface area contributed by atoms with Gasteiger partial charge < -0.3 is 25.0 Å². The number of thioether (sulfide) groups is 1. The maximum Gasteiger partial charge on any atom is 0.241 e. The van der Waals surface area contributed by atoms with Crippen LogP contribution in [0.25, 0.3) is 0 Å². The van der Waals surface area contributed by atoms with Crippen molar-refractivity contribution >= 4 is 23.6 Å². The number of amides is 1. The summed E-state index contributed by atoms with van der Waals surface area (Å²) < 4.78 is 10.6. The van der Waals surface area contributed by atoms with E-state index in [0.717, 1.165) is 11.3 Å². The van der Waals surface area contributed by atoms with Gasteiger partial charge in [-0.25, -0.2) is 4.99 Å². The van der Waals surface area contributed by atoms with Gasteiger partial charge >= 0.3 is 0 Å². The average molecular weight is 431 g/mol. The minimum Gasteiger partial charge on any atom is -0.493 e. The lowest BCUT2D eigenvalue weighted by Crippen LogP contribution is -2.43. The molecule has 2 aromatic rings. The third-order valence-corrected chi connectivity index (χ3v) is 5.19. The van der Waals surface area contributed by atoms with E-state index in [0.29, 0.717) is 30.5 Å². The molecule has 0 fully saturated rings. The first-order chi connectivity index (χ1) is 14.5. The molecule has 0 aromatic heterocycles. The molecule has 0 aliphatic heterocycles. The Morgan fingerprint density at radius 3 is 2.43 bits per heavy atom. The number of nitrogens with one attached hydrogen (secondary N) is 2. The van der Waals surface area contributed by atoms with E-state index in [-0.39, 0.29) is 12.5 Å². The molecular weight excluding hydrogens is 400 g/mol. The highest BCUT2D eigenvalue weighted by atomic mass is 32.2. The summed E-state index contributed by atoms with van der Waals surface area (Å²) in [5.41, 5.74) is 0.978. The molecule has 0 radical (unpaired) electrons. The van der Waals surface area contributed by atoms with Gasteiger partial charge in [-0.2, -0.15) is 0 Å². The predicted molar refractivity (Wildman–Crippen MR) is 123 cm³/mol. The lowest BCUT2D eigenvalue weighted by atomic mass is 10.2. The average Bonchev–Trinajstić information content (AvgIpc) is 2.77. The number of guanidine groups is 1. The molecule has 162 valence electrons. The van der Waals surface area contributed by atoms with Crippen LogP contribution >= 0.6 is 11.8 Å². The molecule has 0 unspecified atom stereocenters. The van der Waals surface area contributed by atoms with Crippen LogP contribution < -0.4 is 20.1 Å². The van der Waals surface area contributed by atoms with Crippen LogP contribution in [0.5, 0.6) is 11.5 Å². The number of hydrogen-bond donors (Lipinski definition) is 2. The van der Waals surface area contributed by atoms with E-state index in [4.69, 9.17) is 9.47 Å². The number of rotatable bonds is 10. The largest absolute Gasteiger partial charge is 0.493 e. The van der Waals surface area contributed by atoms with Gasteiger partial charge in [-0.3, -0.25) is 4.79 Å². The molecule has 2 rings (SSSR count). The smallest absolute Gasteiger partial charge is 0.241 e. The molecule has 8 heteroatoms. The Morgan fingerprint density at radius 1 is 1.03 bits per heavy atom. The Kier molecular flexibility index (Phi) is 9.86. The monoisotopic (exact) mass is 430 g/mol. The molecule has 0 bridgehead atoms. The van der Waals surface area contributed by atoms with Crippen molar-refractivity contribution in [2.45, 2.75) is 11.4 Å². The Morgan fingerprint density at radius 2 is 1.77 bits per heavy atom. The Bertz CT molecular complexity index is 828. The normalized spacial score (nSPS) is 11.0. The van der Waals surface area contributed by atoms with Gasteiger partial charge in [0.1, 0.15) is 0 Å². The van der Waals surface area contributed by atoms with E-state index in [9.17, 15) is 4.79 Å². The number of carbonyl (C=O) groups excluding carboxylic acids is 1. The topological polar surface area (TPSA) is 75.2 Å². The second kappa shape index (κ2) is 12.6. The van der Waals surface area contributed by atoms with Crippen molar-refractivity contribution < 1.29 is 14.3 Å². The summed E-state index contributed by atoms with van der Waals surface area (Å²) in [7, 11) is 6.68. The lowest BCUT2D eigenvalue weighted by molar-refractivity contribution is -0.127. The zero-order chi connectivity index (χ0) is 21.8. The molecule has 0 atom stereocenters. The maximum absolute atomic E-state index is 11.9. The molecule has 0 saturated heterocycles. The molecule has 0 saturated carbocycles. The van der Waals surface area contributed by atoms with Gasteiger partial charge in [0.05, 0.1) is 27.3 Å². The fourth-order valence-corrected chi connectivity index (χ4v) is 3.29. The third kappa shape index (κ3) is 7.87. The van der Waals surface area contributed by atoms with E-state index >= 15 is 0 Å². The zero-order valence-corrected chi connectivity index (χ0v) is 18.8. The zero-order valence-electron chi connectivity index (χ0n) is 18.0. The Labute approximate surface area is 182 Å². The maximum atomic E-state index is 11.9. The van der Waals surface area contributed by atoms with E-state index in [1.54, 1.807) is 45.0 Å². The van der Waals surface area contributed by atoms with Gasteiger partial charge in [0.15, 0.2) is 17.5 Å². The highest BCUT2D eigenvalue weighted by Gasteiger charge is 2.07. The van der Waals surface area contributed by atoms with Crippen molar-refractivity contribution in [2.75, 3.05) is 47.2 Å². The number of hydrogen-bond acceptors (Lipinski definition) is 5. The third-order valence-electron chi connectivity index (χ3n) is 4.18. The summed E-state index contributed by atoms with van der Waals surface area (Å²) >= 11 is 1.76. The van der Waals surface area contributed by atoms with E-state index in [2.05, 4.69) is 27.8 Å². The number of ether oxygens (including phenoxy) is 2. The van der Waals surface area contributed by atoms with Crippen LogP contribution in [0.4, 0.5) is 0 Å². The first kappa shape index (κ1) is 23.4. The fraction of sp³-hybridized carbons (Fsp3) is 0.364. The highest BCUT2D eigenvalue weighted by Crippen LogP contribution is 2.27. The molecule has 1 amide bonds. The second-order valence-electron chi connectivity index (χ2n) is 6.58. The van der Waals surface area contributed by atoms with Gasteiger partial charge in [0.25, 0.3) is 0 Å². The number of carbonyl (C=O) groups is 1. The molecule has 2 N–H and O–H groups in total. The van der Waals surface area contributed by atoms with Crippen LogP contribution in [0.2, 0.25) is 0 Å². The molecule has 0 aliphatic rings. The summed E-state index contributed by atoms with van der Waals surface area (Å²) in [4.78, 5) is 19.3. The number of nitrogens with zero attached hydrogens (tertiary/aromatic N) is 2. The molecular formula is C22H30N4O3S. The van der Waals surface area contributed by atoms with Crippen molar-refractivity contribution in [3.63, 3.8) is 0 Å². The van der Waals surface area contributed by atoms with Gasteiger partial charge in [0, 0.05) is 31.3 Å². The van der Waals surface area contributed by atoms with Gasteiger partial charge in [-0.15, -0.1) is 11.8 Å². The van der Waals surface area contributed by atoms with E-state index < -0.39 is 0 Å². The Hall–Kier alpha value is -2.87. The van der Waals surface area contributed by atoms with Gasteiger partial charge in [0.2, 0.25) is 5.91 Å². The van der Waals surface area contributed by atoms with E-state index in [1.807, 2.05) is 36.4 Å². The van der Waals surface area contributed by atoms with Crippen LogP contribution in [0, 0.1) is 0 Å². The second-order valence-corrected chi connectivity index (χ2v) is 7.75. The fourth-order valence-electron chi connectivity index (χ4n) is 2.50. The van der Waals surface area contributed by atoms with Gasteiger partial charge in [-0.05, 0) is 29.8 Å². The van der Waals surface area contributed by atoms with E-state index in [1.165, 1.54) is 4.90 Å². The van der Waals surface area contributed by atoms with Crippen LogP contribution in [0.15, 0.2) is 58.4 Å². The van der Waals surface area contributed by atoms with Crippen LogP contribution in [-0.4, -0.2) is 63.9 Å². The molecule has 0 spiro atoms. The van der Waals surface area contributed by atoms with Crippen molar-refractivity contribution in [3.8, 4) is 11.5 Å². The molecule has 30 heavy (non-hydrogen) atoms. The highest BCUT2D eigenvalue weighted by molar-refractivity contribution is 7.99. The lowest BCUT2D eigenvalue weighted by Gasteiger charge is -2.15. The number of aliphatic imine (C=N–C) groups is 1. The molecule has 0 aliphatic carbocycles. The molecule has 0 heterocycles.